The van der Waals surface area contributed by atoms with Crippen LogP contribution in [0.5, 0.6) is 0 Å². The summed E-state index contributed by atoms with van der Waals surface area (Å²) in [6.45, 7) is 3.10. The van der Waals surface area contributed by atoms with Crippen LogP contribution in [0.15, 0.2) is 18.2 Å². The number of halogens is 1. The van der Waals surface area contributed by atoms with Gasteiger partial charge in [0.25, 0.3) is 0 Å². The van der Waals surface area contributed by atoms with Gasteiger partial charge in [-0.3, -0.25) is 4.79 Å². The SMILES string of the molecule is CC(C)(CC(N)=O)NC(=O)Nc1c(F)cccc1C(=O)O. The van der Waals surface area contributed by atoms with E-state index in [-0.39, 0.29) is 12.0 Å². The zero-order chi connectivity index (χ0) is 16.2. The average molecular weight is 297 g/mol. The third-order valence-corrected chi connectivity index (χ3v) is 2.55. The zero-order valence-electron chi connectivity index (χ0n) is 11.6. The van der Waals surface area contributed by atoms with Crippen molar-refractivity contribution in [1.82, 2.24) is 5.32 Å². The van der Waals surface area contributed by atoms with Crippen LogP contribution < -0.4 is 16.4 Å². The molecule has 1 rings (SSSR count). The minimum atomic E-state index is -1.37. The molecule has 0 radical (unpaired) electrons. The summed E-state index contributed by atoms with van der Waals surface area (Å²) >= 11 is 0. The van der Waals surface area contributed by atoms with Gasteiger partial charge in [-0.2, -0.15) is 0 Å². The summed E-state index contributed by atoms with van der Waals surface area (Å²) in [5, 5.41) is 13.5. The predicted octanol–water partition coefficient (Wildman–Crippen LogP) is 1.30. The molecule has 21 heavy (non-hydrogen) atoms. The van der Waals surface area contributed by atoms with E-state index < -0.39 is 35.0 Å². The van der Waals surface area contributed by atoms with Crippen LogP contribution in [0.2, 0.25) is 0 Å². The first kappa shape index (κ1) is 16.4. The highest BCUT2D eigenvalue weighted by Crippen LogP contribution is 2.20. The van der Waals surface area contributed by atoms with Gasteiger partial charge in [0, 0.05) is 12.0 Å². The second-order valence-electron chi connectivity index (χ2n) is 5.07. The lowest BCUT2D eigenvalue weighted by Gasteiger charge is -2.25. The zero-order valence-corrected chi connectivity index (χ0v) is 11.6. The summed E-state index contributed by atoms with van der Waals surface area (Å²) < 4.78 is 13.6. The first-order chi connectivity index (χ1) is 9.62. The number of anilines is 1. The van der Waals surface area contributed by atoms with Crippen molar-refractivity contribution >= 4 is 23.6 Å². The van der Waals surface area contributed by atoms with E-state index in [0.29, 0.717) is 0 Å². The standard InChI is InChI=1S/C13H16FN3O4/c1-13(2,6-9(15)18)17-12(21)16-10-7(11(19)20)4-3-5-8(10)14/h3-5H,6H2,1-2H3,(H2,15,18)(H,19,20)(H2,16,17,21). The van der Waals surface area contributed by atoms with E-state index in [1.807, 2.05) is 0 Å². The Balaban J connectivity index is 2.89. The molecule has 0 atom stereocenters. The van der Waals surface area contributed by atoms with Gasteiger partial charge in [0.15, 0.2) is 0 Å². The van der Waals surface area contributed by atoms with Crippen molar-refractivity contribution in [3.8, 4) is 0 Å². The number of carboxylic acids is 1. The normalized spacial score (nSPS) is 10.8. The van der Waals surface area contributed by atoms with Crippen molar-refractivity contribution in [3.63, 3.8) is 0 Å². The molecule has 8 heteroatoms. The van der Waals surface area contributed by atoms with Gasteiger partial charge < -0.3 is 21.5 Å². The number of nitrogens with one attached hydrogen (secondary N) is 2. The van der Waals surface area contributed by atoms with E-state index in [2.05, 4.69) is 10.6 Å². The van der Waals surface area contributed by atoms with Crippen molar-refractivity contribution in [2.75, 3.05) is 5.32 Å². The molecule has 5 N–H and O–H groups in total. The summed E-state index contributed by atoms with van der Waals surface area (Å²) in [7, 11) is 0. The minimum absolute atomic E-state index is 0.122. The third kappa shape index (κ3) is 4.75. The lowest BCUT2D eigenvalue weighted by molar-refractivity contribution is -0.119. The minimum Gasteiger partial charge on any atom is -0.478 e. The number of primary amides is 1. The Morgan fingerprint density at radius 2 is 1.95 bits per heavy atom. The third-order valence-electron chi connectivity index (χ3n) is 2.55. The fraction of sp³-hybridized carbons (Fsp3) is 0.308. The fourth-order valence-electron chi connectivity index (χ4n) is 1.76. The van der Waals surface area contributed by atoms with Crippen molar-refractivity contribution in [2.45, 2.75) is 25.8 Å². The number of amides is 3. The quantitative estimate of drug-likeness (QED) is 0.654. The molecule has 0 unspecified atom stereocenters. The van der Waals surface area contributed by atoms with Gasteiger partial charge in [0.05, 0.1) is 11.3 Å². The van der Waals surface area contributed by atoms with Gasteiger partial charge in [-0.15, -0.1) is 0 Å². The number of benzene rings is 1. The summed E-state index contributed by atoms with van der Waals surface area (Å²) in [4.78, 5) is 33.7. The molecule has 0 bridgehead atoms. The second kappa shape index (κ2) is 6.21. The Bertz CT molecular complexity index is 587. The Kier molecular flexibility index (Phi) is 4.85. The number of nitrogens with two attached hydrogens (primary N) is 1. The molecule has 0 aliphatic rings. The summed E-state index contributed by atoms with van der Waals surface area (Å²) in [5.74, 6) is -2.86. The first-order valence-corrected chi connectivity index (χ1v) is 6.01. The number of hydrogen-bond donors (Lipinski definition) is 4. The highest BCUT2D eigenvalue weighted by Gasteiger charge is 2.24. The van der Waals surface area contributed by atoms with Gasteiger partial charge in [-0.1, -0.05) is 6.07 Å². The largest absolute Gasteiger partial charge is 0.478 e. The Morgan fingerprint density at radius 3 is 2.48 bits per heavy atom. The number of rotatable bonds is 5. The maximum Gasteiger partial charge on any atom is 0.337 e. The predicted molar refractivity (Wildman–Crippen MR) is 73.4 cm³/mol. The fourth-order valence-corrected chi connectivity index (χ4v) is 1.76. The molecule has 0 spiro atoms. The molecule has 114 valence electrons. The van der Waals surface area contributed by atoms with E-state index in [1.54, 1.807) is 13.8 Å². The monoisotopic (exact) mass is 297 g/mol. The molecule has 1 aromatic rings. The highest BCUT2D eigenvalue weighted by molar-refractivity contribution is 6.00. The molecular formula is C13H16FN3O4. The maximum absolute atomic E-state index is 13.6. The lowest BCUT2D eigenvalue weighted by atomic mass is 10.0. The van der Waals surface area contributed by atoms with Crippen LogP contribution in [0.1, 0.15) is 30.6 Å². The summed E-state index contributed by atoms with van der Waals surface area (Å²) in [6.07, 6.45) is -0.122. The number of para-hydroxylation sites is 1. The number of aromatic carboxylic acids is 1. The van der Waals surface area contributed by atoms with Crippen molar-refractivity contribution in [3.05, 3.63) is 29.6 Å². The second-order valence-corrected chi connectivity index (χ2v) is 5.07. The van der Waals surface area contributed by atoms with Gasteiger partial charge in [-0.05, 0) is 26.0 Å². The molecule has 7 nitrogen and oxygen atoms in total. The summed E-state index contributed by atoms with van der Waals surface area (Å²) in [6, 6.07) is 2.57. The van der Waals surface area contributed by atoms with Crippen molar-refractivity contribution < 1.29 is 23.9 Å². The van der Waals surface area contributed by atoms with Gasteiger partial charge in [0.1, 0.15) is 5.82 Å². The molecule has 3 amide bonds. The maximum atomic E-state index is 13.6. The average Bonchev–Trinajstić information content (AvgIpc) is 2.28. The molecule has 0 heterocycles. The van der Waals surface area contributed by atoms with Crippen LogP contribution >= 0.6 is 0 Å². The molecule has 0 saturated heterocycles. The summed E-state index contributed by atoms with van der Waals surface area (Å²) in [5.41, 5.74) is 3.27. The topological polar surface area (TPSA) is 122 Å². The molecule has 0 aliphatic heterocycles. The number of carbonyl (C=O) groups is 3. The van der Waals surface area contributed by atoms with E-state index >= 15 is 0 Å². The first-order valence-electron chi connectivity index (χ1n) is 6.01. The van der Waals surface area contributed by atoms with E-state index in [9.17, 15) is 18.8 Å². The van der Waals surface area contributed by atoms with Gasteiger partial charge >= 0.3 is 12.0 Å². The number of hydrogen-bond acceptors (Lipinski definition) is 3. The molecule has 0 saturated carbocycles. The van der Waals surface area contributed by atoms with Crippen molar-refractivity contribution in [2.24, 2.45) is 5.73 Å². The van der Waals surface area contributed by atoms with Crippen LogP contribution in [0, 0.1) is 5.82 Å². The Morgan fingerprint density at radius 1 is 1.33 bits per heavy atom. The molecular weight excluding hydrogens is 281 g/mol. The number of carboxylic acid groups (broad SMARTS) is 1. The van der Waals surface area contributed by atoms with Crippen LogP contribution in [-0.4, -0.2) is 28.6 Å². The van der Waals surface area contributed by atoms with Crippen molar-refractivity contribution in [1.29, 1.82) is 0 Å². The van der Waals surface area contributed by atoms with Crippen LogP contribution in [0.25, 0.3) is 0 Å². The molecule has 0 fully saturated rings. The van der Waals surface area contributed by atoms with Gasteiger partial charge in [-0.25, -0.2) is 14.0 Å². The van der Waals surface area contributed by atoms with Crippen LogP contribution in [-0.2, 0) is 4.79 Å². The lowest BCUT2D eigenvalue weighted by Crippen LogP contribution is -2.48. The number of urea groups is 1. The van der Waals surface area contributed by atoms with Crippen LogP contribution in [0.3, 0.4) is 0 Å². The molecule has 0 aromatic heterocycles. The smallest absolute Gasteiger partial charge is 0.337 e. The molecule has 1 aromatic carbocycles. The highest BCUT2D eigenvalue weighted by atomic mass is 19.1. The van der Waals surface area contributed by atoms with E-state index in [4.69, 9.17) is 10.8 Å². The van der Waals surface area contributed by atoms with E-state index in [1.165, 1.54) is 6.07 Å². The molecule has 0 aliphatic carbocycles. The Labute approximate surface area is 120 Å². The number of carbonyl (C=O) groups excluding carboxylic acids is 2. The van der Waals surface area contributed by atoms with Gasteiger partial charge in [0.2, 0.25) is 5.91 Å². The van der Waals surface area contributed by atoms with Crippen LogP contribution in [0.4, 0.5) is 14.9 Å². The Hall–Kier alpha value is -2.64. The van der Waals surface area contributed by atoms with E-state index in [0.717, 1.165) is 12.1 Å².